The number of rotatable bonds is 1. The van der Waals surface area contributed by atoms with Crippen LogP contribution >= 0.6 is 47.8 Å². The van der Waals surface area contributed by atoms with E-state index in [4.69, 9.17) is 0 Å². The van der Waals surface area contributed by atoms with E-state index in [1.54, 1.807) is 0 Å². The van der Waals surface area contributed by atoms with Crippen LogP contribution < -0.4 is 0 Å². The molecule has 0 aromatic rings. The van der Waals surface area contributed by atoms with Gasteiger partial charge in [-0.25, -0.2) is 0 Å². The lowest BCUT2D eigenvalue weighted by Crippen LogP contribution is -1.79. The summed E-state index contributed by atoms with van der Waals surface area (Å²) in [7, 11) is 0. The van der Waals surface area contributed by atoms with Crippen molar-refractivity contribution >= 4 is 47.8 Å². The van der Waals surface area contributed by atoms with Gasteiger partial charge >= 0.3 is 0 Å². The van der Waals surface area contributed by atoms with Gasteiger partial charge < -0.3 is 0 Å². The van der Waals surface area contributed by atoms with Gasteiger partial charge in [0.25, 0.3) is 0 Å². The first-order valence-corrected chi connectivity index (χ1v) is 6.86. The van der Waals surface area contributed by atoms with E-state index in [1.165, 1.54) is 16.7 Å². The van der Waals surface area contributed by atoms with Crippen molar-refractivity contribution in [3.8, 4) is 11.1 Å². The van der Waals surface area contributed by atoms with Crippen LogP contribution in [0.15, 0.2) is 39.3 Å². The van der Waals surface area contributed by atoms with Crippen LogP contribution in [0.25, 0.3) is 11.1 Å². The molecule has 0 bridgehead atoms. The molecule has 0 unspecified atom stereocenters. The van der Waals surface area contributed by atoms with E-state index in [2.05, 4.69) is 78.1 Å². The zero-order chi connectivity index (χ0) is 10.1. The standard InChI is InChI=1S/C11H7Br3/c12-6-7-3-1-2-4-8-9(13)5-10(14)11(7)8/h1-5H,6H2. The maximum absolute atomic E-state index is 3.58. The minimum absolute atomic E-state index is 0.868. The van der Waals surface area contributed by atoms with Crippen molar-refractivity contribution in [2.75, 3.05) is 0 Å². The fourth-order valence-corrected chi connectivity index (χ4v) is 3.55. The molecule has 0 aliphatic heterocycles. The van der Waals surface area contributed by atoms with E-state index in [0.29, 0.717) is 0 Å². The molecular weight excluding hydrogens is 372 g/mol. The van der Waals surface area contributed by atoms with Crippen LogP contribution in [0.4, 0.5) is 0 Å². The van der Waals surface area contributed by atoms with Crippen LogP contribution in [0.1, 0.15) is 5.56 Å². The zero-order valence-electron chi connectivity index (χ0n) is 7.23. The average molecular weight is 379 g/mol. The van der Waals surface area contributed by atoms with Gasteiger partial charge in [-0.1, -0.05) is 72.1 Å². The molecule has 14 heavy (non-hydrogen) atoms. The predicted molar refractivity (Wildman–Crippen MR) is 71.1 cm³/mol. The maximum atomic E-state index is 3.58. The van der Waals surface area contributed by atoms with E-state index in [9.17, 15) is 0 Å². The van der Waals surface area contributed by atoms with Crippen molar-refractivity contribution in [2.24, 2.45) is 0 Å². The van der Waals surface area contributed by atoms with E-state index >= 15 is 0 Å². The Balaban J connectivity index is 2.79. The lowest BCUT2D eigenvalue weighted by Gasteiger charge is -2.01. The maximum Gasteiger partial charge on any atom is 0.0289 e. The Morgan fingerprint density at radius 2 is 1.71 bits per heavy atom. The smallest absolute Gasteiger partial charge is 0.0289 e. The van der Waals surface area contributed by atoms with Crippen LogP contribution in [0, 0.1) is 0 Å². The van der Waals surface area contributed by atoms with Crippen LogP contribution in [0.2, 0.25) is 0 Å². The summed E-state index contributed by atoms with van der Waals surface area (Å²) in [5, 5.41) is 0.868. The predicted octanol–water partition coefficient (Wildman–Crippen LogP) is 5.21. The molecule has 3 heteroatoms. The molecular formula is C11H7Br3. The molecule has 2 aliphatic rings. The Morgan fingerprint density at radius 1 is 1.00 bits per heavy atom. The molecule has 0 spiro atoms. The largest absolute Gasteiger partial charge is 0.0876 e. The fourth-order valence-electron chi connectivity index (χ4n) is 1.52. The summed E-state index contributed by atoms with van der Waals surface area (Å²) in [5.41, 5.74) is 3.82. The second-order valence-corrected chi connectivity index (χ2v) is 5.28. The normalized spacial score (nSPS) is 10.8. The van der Waals surface area contributed by atoms with Crippen LogP contribution in [0.5, 0.6) is 0 Å². The lowest BCUT2D eigenvalue weighted by molar-refractivity contribution is 1.47. The highest BCUT2D eigenvalue weighted by Gasteiger charge is 2.14. The molecule has 0 nitrogen and oxygen atoms in total. The molecule has 0 atom stereocenters. The molecule has 0 aromatic heterocycles. The quantitative estimate of drug-likeness (QED) is 0.597. The van der Waals surface area contributed by atoms with Crippen molar-refractivity contribution < 1.29 is 0 Å². The summed E-state index contributed by atoms with van der Waals surface area (Å²) in [6.45, 7) is 0. The number of halogens is 3. The first kappa shape index (κ1) is 10.7. The highest BCUT2D eigenvalue weighted by Crippen LogP contribution is 2.41. The van der Waals surface area contributed by atoms with Gasteiger partial charge in [-0.3, -0.25) is 0 Å². The van der Waals surface area contributed by atoms with Gasteiger partial charge in [-0.05, 0) is 17.2 Å². The minimum Gasteiger partial charge on any atom is -0.0876 e. The SMILES string of the molecule is BrCc1ccccc2c(Br)cc(Br)c1-2. The topological polar surface area (TPSA) is 0 Å². The lowest BCUT2D eigenvalue weighted by atomic mass is 10.1. The number of alkyl halides is 1. The second-order valence-electron chi connectivity index (χ2n) is 3.01. The molecule has 2 rings (SSSR count). The van der Waals surface area contributed by atoms with Gasteiger partial charge in [-0.2, -0.15) is 0 Å². The number of hydrogen-bond acceptors (Lipinski definition) is 0. The van der Waals surface area contributed by atoms with E-state index in [0.717, 1.165) is 14.3 Å². The molecule has 0 aromatic carbocycles. The third-order valence-electron chi connectivity index (χ3n) is 2.16. The Kier molecular flexibility index (Phi) is 3.30. The van der Waals surface area contributed by atoms with Gasteiger partial charge in [0, 0.05) is 19.8 Å². The highest BCUT2D eigenvalue weighted by molar-refractivity contribution is 9.11. The van der Waals surface area contributed by atoms with Crippen LogP contribution in [-0.4, -0.2) is 0 Å². The van der Waals surface area contributed by atoms with Crippen LogP contribution in [-0.2, 0) is 5.33 Å². The van der Waals surface area contributed by atoms with Crippen molar-refractivity contribution in [3.63, 3.8) is 0 Å². The van der Waals surface area contributed by atoms with Gasteiger partial charge in [0.2, 0.25) is 0 Å². The Morgan fingerprint density at radius 3 is 2.43 bits per heavy atom. The Hall–Kier alpha value is 0.140. The monoisotopic (exact) mass is 376 g/mol. The second kappa shape index (κ2) is 4.33. The Labute approximate surface area is 108 Å². The molecule has 0 saturated carbocycles. The molecule has 2 aliphatic carbocycles. The molecule has 0 saturated heterocycles. The van der Waals surface area contributed by atoms with Gasteiger partial charge in [0.15, 0.2) is 0 Å². The molecule has 0 N–H and O–H groups in total. The van der Waals surface area contributed by atoms with Gasteiger partial charge in [0.1, 0.15) is 0 Å². The van der Waals surface area contributed by atoms with Crippen molar-refractivity contribution in [1.29, 1.82) is 0 Å². The number of fused-ring (bicyclic) bond motifs is 1. The van der Waals surface area contributed by atoms with E-state index < -0.39 is 0 Å². The van der Waals surface area contributed by atoms with Crippen molar-refractivity contribution in [2.45, 2.75) is 5.33 Å². The van der Waals surface area contributed by atoms with Crippen LogP contribution in [0.3, 0.4) is 0 Å². The average Bonchev–Trinajstić information content (AvgIpc) is 2.40. The van der Waals surface area contributed by atoms with Gasteiger partial charge in [-0.15, -0.1) is 0 Å². The first-order valence-electron chi connectivity index (χ1n) is 4.15. The van der Waals surface area contributed by atoms with Gasteiger partial charge in [0.05, 0.1) is 0 Å². The minimum atomic E-state index is 0.868. The summed E-state index contributed by atoms with van der Waals surface area (Å²) in [6.07, 6.45) is 0. The third kappa shape index (κ3) is 1.77. The molecule has 0 fully saturated rings. The Bertz CT molecular complexity index is 437. The number of hydrogen-bond donors (Lipinski definition) is 0. The molecule has 0 heterocycles. The molecule has 0 amide bonds. The summed E-state index contributed by atoms with van der Waals surface area (Å²) < 4.78 is 2.28. The first-order chi connectivity index (χ1) is 6.74. The van der Waals surface area contributed by atoms with E-state index in [-0.39, 0.29) is 0 Å². The highest BCUT2D eigenvalue weighted by atomic mass is 79.9. The fraction of sp³-hybridized carbons (Fsp3) is 0.0909. The third-order valence-corrected chi connectivity index (χ3v) is 4.04. The summed E-state index contributed by atoms with van der Waals surface area (Å²) >= 11 is 10.6. The van der Waals surface area contributed by atoms with Crippen molar-refractivity contribution in [1.82, 2.24) is 0 Å². The van der Waals surface area contributed by atoms with Crippen molar-refractivity contribution in [3.05, 3.63) is 44.8 Å². The molecule has 0 radical (unpaired) electrons. The summed E-state index contributed by atoms with van der Waals surface area (Å²) in [4.78, 5) is 0. The summed E-state index contributed by atoms with van der Waals surface area (Å²) in [6, 6.07) is 10.5. The summed E-state index contributed by atoms with van der Waals surface area (Å²) in [5.74, 6) is 0. The zero-order valence-corrected chi connectivity index (χ0v) is 12.0. The molecule has 72 valence electrons. The van der Waals surface area contributed by atoms with E-state index in [1.807, 2.05) is 0 Å².